The van der Waals surface area contributed by atoms with Gasteiger partial charge in [-0.2, -0.15) is 0 Å². The summed E-state index contributed by atoms with van der Waals surface area (Å²) in [5, 5.41) is 0. The number of hydrogen-bond donors (Lipinski definition) is 0. The Morgan fingerprint density at radius 1 is 1.40 bits per heavy atom. The summed E-state index contributed by atoms with van der Waals surface area (Å²) in [6.07, 6.45) is 0.459. The van der Waals surface area contributed by atoms with Crippen molar-refractivity contribution in [2.24, 2.45) is 0 Å². The highest BCUT2D eigenvalue weighted by molar-refractivity contribution is 5.77. The molecule has 0 bridgehead atoms. The lowest BCUT2D eigenvalue weighted by molar-refractivity contribution is 0.0209. The van der Waals surface area contributed by atoms with Crippen molar-refractivity contribution in [2.75, 3.05) is 6.61 Å². The summed E-state index contributed by atoms with van der Waals surface area (Å²) in [6, 6.07) is 2.53. The lowest BCUT2D eigenvalue weighted by Gasteiger charge is -2.32. The molecule has 3 nitrogen and oxygen atoms in total. The van der Waals surface area contributed by atoms with E-state index in [2.05, 4.69) is 0 Å². The molecule has 0 unspecified atom stereocenters. The molecule has 1 aliphatic rings. The molecule has 1 aromatic rings. The van der Waals surface area contributed by atoms with Gasteiger partial charge in [0.15, 0.2) is 17.8 Å². The van der Waals surface area contributed by atoms with Gasteiger partial charge in [0.2, 0.25) is 0 Å². The molecule has 0 aromatic heterocycles. The van der Waals surface area contributed by atoms with Crippen molar-refractivity contribution in [3.05, 3.63) is 23.5 Å². The summed E-state index contributed by atoms with van der Waals surface area (Å²) in [4.78, 5) is 10.5. The number of rotatable bonds is 1. The van der Waals surface area contributed by atoms with Crippen molar-refractivity contribution < 1.29 is 18.7 Å². The van der Waals surface area contributed by atoms with Crippen LogP contribution in [0.3, 0.4) is 0 Å². The third-order valence-electron chi connectivity index (χ3n) is 2.15. The zero-order valence-electron chi connectivity index (χ0n) is 8.54. The first-order valence-corrected chi connectivity index (χ1v) is 4.62. The Morgan fingerprint density at radius 2 is 2.13 bits per heavy atom. The van der Waals surface area contributed by atoms with Crippen molar-refractivity contribution in [3.63, 3.8) is 0 Å². The van der Waals surface area contributed by atoms with Crippen LogP contribution in [0.1, 0.15) is 24.2 Å². The quantitative estimate of drug-likeness (QED) is 0.666. The lowest BCUT2D eigenvalue weighted by Crippen LogP contribution is -2.38. The van der Waals surface area contributed by atoms with E-state index in [9.17, 15) is 9.18 Å². The minimum absolute atomic E-state index is 0.0185. The van der Waals surface area contributed by atoms with Crippen molar-refractivity contribution >= 4 is 6.29 Å². The maximum atomic E-state index is 13.2. The highest BCUT2D eigenvalue weighted by Gasteiger charge is 2.29. The number of hydrogen-bond acceptors (Lipinski definition) is 3. The van der Waals surface area contributed by atoms with E-state index in [0.717, 1.165) is 0 Å². The third-order valence-corrected chi connectivity index (χ3v) is 2.15. The summed E-state index contributed by atoms with van der Waals surface area (Å²) in [5.74, 6) is 0.166. The first-order valence-electron chi connectivity index (χ1n) is 4.62. The lowest BCUT2D eigenvalue weighted by atomic mass is 10.1. The van der Waals surface area contributed by atoms with Crippen molar-refractivity contribution in [3.8, 4) is 11.5 Å². The number of carbonyl (C=O) groups is 1. The van der Waals surface area contributed by atoms with Crippen LogP contribution in [0.2, 0.25) is 0 Å². The molecule has 4 heteroatoms. The minimum atomic E-state index is -0.591. The van der Waals surface area contributed by atoms with Gasteiger partial charge >= 0.3 is 0 Å². The zero-order chi connectivity index (χ0) is 11.1. The van der Waals surface area contributed by atoms with Crippen molar-refractivity contribution in [1.29, 1.82) is 0 Å². The van der Waals surface area contributed by atoms with Gasteiger partial charge in [0.1, 0.15) is 18.0 Å². The molecule has 1 aromatic carbocycles. The Morgan fingerprint density at radius 3 is 2.80 bits per heavy atom. The number of aldehydes is 1. The molecule has 15 heavy (non-hydrogen) atoms. The van der Waals surface area contributed by atoms with Crippen LogP contribution < -0.4 is 9.47 Å². The highest BCUT2D eigenvalue weighted by atomic mass is 19.1. The Bertz CT molecular complexity index is 413. The van der Waals surface area contributed by atoms with Crippen LogP contribution in [0.5, 0.6) is 11.5 Å². The molecule has 0 atom stereocenters. The fourth-order valence-corrected chi connectivity index (χ4v) is 1.41. The SMILES string of the molecule is CC1(C)COc2cc(F)c(C=O)cc2O1. The standard InChI is InChI=1S/C11H11FO3/c1-11(2)6-14-9-4-8(12)7(5-13)3-10(9)15-11/h3-5H,6H2,1-2H3. The average Bonchev–Trinajstić information content (AvgIpc) is 2.17. The fraction of sp³-hybridized carbons (Fsp3) is 0.364. The second-order valence-corrected chi connectivity index (χ2v) is 4.09. The Hall–Kier alpha value is -1.58. The molecule has 80 valence electrons. The fourth-order valence-electron chi connectivity index (χ4n) is 1.41. The Labute approximate surface area is 86.8 Å². The van der Waals surface area contributed by atoms with Gasteiger partial charge < -0.3 is 9.47 Å². The largest absolute Gasteiger partial charge is 0.485 e. The minimum Gasteiger partial charge on any atom is -0.485 e. The monoisotopic (exact) mass is 210 g/mol. The zero-order valence-corrected chi connectivity index (χ0v) is 8.54. The van der Waals surface area contributed by atoms with E-state index in [1.807, 2.05) is 13.8 Å². The molecule has 0 N–H and O–H groups in total. The van der Waals surface area contributed by atoms with Gasteiger partial charge in [0.05, 0.1) is 5.56 Å². The van der Waals surface area contributed by atoms with E-state index in [-0.39, 0.29) is 5.56 Å². The number of fused-ring (bicyclic) bond motifs is 1. The predicted molar refractivity (Wildman–Crippen MR) is 52.0 cm³/mol. The molecule has 0 saturated carbocycles. The normalized spacial score (nSPS) is 17.3. The molecule has 0 amide bonds. The van der Waals surface area contributed by atoms with Crippen LogP contribution in [-0.4, -0.2) is 18.5 Å². The first kappa shape index (κ1) is 9.96. The summed E-state index contributed by atoms with van der Waals surface area (Å²) in [6.45, 7) is 4.08. The van der Waals surface area contributed by atoms with E-state index < -0.39 is 11.4 Å². The van der Waals surface area contributed by atoms with E-state index in [4.69, 9.17) is 9.47 Å². The van der Waals surface area contributed by atoms with Gasteiger partial charge in [-0.15, -0.1) is 0 Å². The maximum Gasteiger partial charge on any atom is 0.164 e. The molecule has 1 aliphatic heterocycles. The number of halogens is 1. The highest BCUT2D eigenvalue weighted by Crippen LogP contribution is 2.36. The predicted octanol–water partition coefficient (Wildman–Crippen LogP) is 2.19. The second-order valence-electron chi connectivity index (χ2n) is 4.09. The topological polar surface area (TPSA) is 35.5 Å². The second kappa shape index (κ2) is 3.22. The maximum absolute atomic E-state index is 13.2. The molecule has 1 heterocycles. The van der Waals surface area contributed by atoms with Crippen molar-refractivity contribution in [1.82, 2.24) is 0 Å². The summed E-state index contributed by atoms with van der Waals surface area (Å²) in [5.41, 5.74) is -0.472. The number of ether oxygens (including phenoxy) is 2. The molecule has 2 rings (SSSR count). The van der Waals surface area contributed by atoms with E-state index in [0.29, 0.717) is 24.4 Å². The first-order chi connectivity index (χ1) is 7.02. The Balaban J connectivity index is 2.46. The van der Waals surface area contributed by atoms with Gasteiger partial charge in [0, 0.05) is 6.07 Å². The van der Waals surface area contributed by atoms with Gasteiger partial charge in [-0.3, -0.25) is 4.79 Å². The van der Waals surface area contributed by atoms with Crippen LogP contribution in [-0.2, 0) is 0 Å². The molecule has 0 spiro atoms. The van der Waals surface area contributed by atoms with Crippen molar-refractivity contribution in [2.45, 2.75) is 19.4 Å². The average molecular weight is 210 g/mol. The molecule has 0 saturated heterocycles. The smallest absolute Gasteiger partial charge is 0.164 e. The molecular weight excluding hydrogens is 199 g/mol. The van der Waals surface area contributed by atoms with Gasteiger partial charge in [-0.25, -0.2) is 4.39 Å². The van der Waals surface area contributed by atoms with Crippen LogP contribution in [0, 0.1) is 5.82 Å². The molecule has 0 aliphatic carbocycles. The van der Waals surface area contributed by atoms with Gasteiger partial charge in [0.25, 0.3) is 0 Å². The summed E-state index contributed by atoms with van der Waals surface area (Å²) < 4.78 is 24.1. The van der Waals surface area contributed by atoms with Crippen LogP contribution in [0.15, 0.2) is 12.1 Å². The molecule has 0 fully saturated rings. The third kappa shape index (κ3) is 1.79. The Kier molecular flexibility index (Phi) is 2.14. The van der Waals surface area contributed by atoms with Crippen LogP contribution >= 0.6 is 0 Å². The molecule has 0 radical (unpaired) electrons. The van der Waals surface area contributed by atoms with Crippen LogP contribution in [0.4, 0.5) is 4.39 Å². The number of carbonyl (C=O) groups excluding carboxylic acids is 1. The number of benzene rings is 1. The molecular formula is C11H11FO3. The van der Waals surface area contributed by atoms with E-state index in [1.165, 1.54) is 12.1 Å². The summed E-state index contributed by atoms with van der Waals surface area (Å²) in [7, 11) is 0. The van der Waals surface area contributed by atoms with E-state index >= 15 is 0 Å². The van der Waals surface area contributed by atoms with Gasteiger partial charge in [-0.1, -0.05) is 0 Å². The van der Waals surface area contributed by atoms with Crippen LogP contribution in [0.25, 0.3) is 0 Å². The van der Waals surface area contributed by atoms with Gasteiger partial charge in [-0.05, 0) is 19.9 Å². The summed E-state index contributed by atoms with van der Waals surface area (Å²) >= 11 is 0. The van der Waals surface area contributed by atoms with E-state index in [1.54, 1.807) is 0 Å².